The summed E-state index contributed by atoms with van der Waals surface area (Å²) in [6.45, 7) is 4.39. The Morgan fingerprint density at radius 1 is 0.914 bits per heavy atom. The fourth-order valence-electron chi connectivity index (χ4n) is 3.19. The Morgan fingerprint density at radius 2 is 1.51 bits per heavy atom. The van der Waals surface area contributed by atoms with Crippen LogP contribution in [0.4, 0.5) is 0 Å². The van der Waals surface area contributed by atoms with Gasteiger partial charge in [0.15, 0.2) is 0 Å². The number of carbonyl (C=O) groups excluding carboxylic acids is 2. The van der Waals surface area contributed by atoms with Crippen molar-refractivity contribution < 1.29 is 14.3 Å². The lowest BCUT2D eigenvalue weighted by Crippen LogP contribution is -2.46. The van der Waals surface area contributed by atoms with E-state index in [1.807, 2.05) is 62.4 Å². The lowest BCUT2D eigenvalue weighted by atomic mass is 10.0. The van der Waals surface area contributed by atoms with Gasteiger partial charge in [-0.1, -0.05) is 49.2 Å². The molecule has 0 aliphatic heterocycles. The predicted octanol–water partition coefficient (Wildman–Crippen LogP) is 5.87. The topological polar surface area (TPSA) is 79.8 Å². The largest absolute Gasteiger partial charge is 0.489 e. The Hall–Kier alpha value is -3.35. The second-order valence-electron chi connectivity index (χ2n) is 8.38. The Morgan fingerprint density at radius 3 is 2.11 bits per heavy atom. The van der Waals surface area contributed by atoms with E-state index >= 15 is 0 Å². The number of hydrogen-bond donors (Lipinski definition) is 2. The van der Waals surface area contributed by atoms with Crippen molar-refractivity contribution in [3.63, 3.8) is 0 Å². The van der Waals surface area contributed by atoms with Crippen LogP contribution in [0.1, 0.15) is 41.8 Å². The van der Waals surface area contributed by atoms with E-state index in [-0.39, 0.29) is 17.7 Å². The van der Waals surface area contributed by atoms with Gasteiger partial charge in [0, 0.05) is 15.6 Å². The third-order valence-electron chi connectivity index (χ3n) is 5.02. The Balaban J connectivity index is 1.53. The molecule has 2 N–H and O–H groups in total. The number of hydrazone groups is 1. The summed E-state index contributed by atoms with van der Waals surface area (Å²) in [7, 11) is 0. The number of rotatable bonds is 10. The molecular formula is C27H27Cl2N3O3. The van der Waals surface area contributed by atoms with E-state index < -0.39 is 6.04 Å². The molecule has 0 spiro atoms. The van der Waals surface area contributed by atoms with Gasteiger partial charge in [-0.15, -0.1) is 0 Å². The SMILES string of the molecule is CC(C)CC(NC(=O)c1ccc(Cl)cc1)C(=O)NN=Cc1ccc(OCc2ccc(Cl)cc2)cc1. The average molecular weight is 512 g/mol. The zero-order valence-electron chi connectivity index (χ0n) is 19.5. The zero-order valence-corrected chi connectivity index (χ0v) is 21.0. The van der Waals surface area contributed by atoms with Gasteiger partial charge in [-0.25, -0.2) is 5.43 Å². The van der Waals surface area contributed by atoms with Crippen LogP contribution in [0.15, 0.2) is 77.9 Å². The first-order chi connectivity index (χ1) is 16.8. The molecule has 0 saturated carbocycles. The third-order valence-corrected chi connectivity index (χ3v) is 5.53. The smallest absolute Gasteiger partial charge is 0.262 e. The van der Waals surface area contributed by atoms with E-state index in [0.29, 0.717) is 34.4 Å². The Labute approximate surface area is 215 Å². The van der Waals surface area contributed by atoms with Crippen LogP contribution in [0.3, 0.4) is 0 Å². The van der Waals surface area contributed by atoms with Crippen molar-refractivity contribution in [1.82, 2.24) is 10.7 Å². The van der Waals surface area contributed by atoms with E-state index in [4.69, 9.17) is 27.9 Å². The van der Waals surface area contributed by atoms with Crippen molar-refractivity contribution in [3.8, 4) is 5.75 Å². The maximum Gasteiger partial charge on any atom is 0.262 e. The highest BCUT2D eigenvalue weighted by atomic mass is 35.5. The van der Waals surface area contributed by atoms with Gasteiger partial charge in [-0.2, -0.15) is 5.10 Å². The third kappa shape index (κ3) is 8.74. The van der Waals surface area contributed by atoms with E-state index in [1.54, 1.807) is 24.3 Å². The van der Waals surface area contributed by atoms with E-state index in [1.165, 1.54) is 6.21 Å². The molecule has 6 nitrogen and oxygen atoms in total. The van der Waals surface area contributed by atoms with Gasteiger partial charge >= 0.3 is 0 Å². The zero-order chi connectivity index (χ0) is 25.2. The summed E-state index contributed by atoms with van der Waals surface area (Å²) >= 11 is 11.8. The highest BCUT2D eigenvalue weighted by molar-refractivity contribution is 6.30. The number of nitrogens with one attached hydrogen (secondary N) is 2. The van der Waals surface area contributed by atoms with Gasteiger partial charge in [-0.05, 0) is 84.1 Å². The number of benzene rings is 3. The molecule has 2 amide bonds. The molecule has 0 bridgehead atoms. The maximum absolute atomic E-state index is 12.7. The van der Waals surface area contributed by atoms with Crippen molar-refractivity contribution in [2.24, 2.45) is 11.0 Å². The summed E-state index contributed by atoms with van der Waals surface area (Å²) in [4.78, 5) is 25.2. The Bertz CT molecular complexity index is 1150. The molecule has 0 aliphatic carbocycles. The van der Waals surface area contributed by atoms with Crippen molar-refractivity contribution in [3.05, 3.63) is 99.5 Å². The number of hydrogen-bond acceptors (Lipinski definition) is 4. The molecule has 35 heavy (non-hydrogen) atoms. The highest BCUT2D eigenvalue weighted by Crippen LogP contribution is 2.15. The minimum atomic E-state index is -0.723. The Kier molecular flexibility index (Phi) is 9.70. The summed E-state index contributed by atoms with van der Waals surface area (Å²) in [6.07, 6.45) is 2.01. The van der Waals surface area contributed by atoms with Gasteiger partial charge in [0.2, 0.25) is 0 Å². The number of amides is 2. The highest BCUT2D eigenvalue weighted by Gasteiger charge is 2.22. The van der Waals surface area contributed by atoms with Gasteiger partial charge in [0.05, 0.1) is 6.21 Å². The minimum Gasteiger partial charge on any atom is -0.489 e. The van der Waals surface area contributed by atoms with Gasteiger partial charge < -0.3 is 10.1 Å². The monoisotopic (exact) mass is 511 g/mol. The number of nitrogens with zero attached hydrogens (tertiary/aromatic N) is 1. The predicted molar refractivity (Wildman–Crippen MR) is 140 cm³/mol. The molecule has 182 valence electrons. The van der Waals surface area contributed by atoms with Gasteiger partial charge in [0.25, 0.3) is 11.8 Å². The molecule has 3 aromatic rings. The first kappa shape index (κ1) is 26.3. The quantitative estimate of drug-likeness (QED) is 0.264. The standard InChI is InChI=1S/C27H27Cl2N3O3/c1-18(2)15-25(31-26(33)21-7-11-23(29)12-8-21)27(34)32-30-16-19-5-13-24(14-6-19)35-17-20-3-9-22(28)10-4-20/h3-14,16,18,25H,15,17H2,1-2H3,(H,31,33)(H,32,34). The molecule has 0 aromatic heterocycles. The second-order valence-corrected chi connectivity index (χ2v) is 9.25. The number of carbonyl (C=O) groups is 2. The molecule has 8 heteroatoms. The lowest BCUT2D eigenvalue weighted by molar-refractivity contribution is -0.123. The summed E-state index contributed by atoms with van der Waals surface area (Å²) in [5.41, 5.74) is 4.75. The van der Waals surface area contributed by atoms with Crippen molar-refractivity contribution in [2.45, 2.75) is 32.9 Å². The maximum atomic E-state index is 12.7. The minimum absolute atomic E-state index is 0.195. The first-order valence-electron chi connectivity index (χ1n) is 11.2. The normalized spacial score (nSPS) is 11.9. The van der Waals surface area contributed by atoms with Crippen molar-refractivity contribution in [2.75, 3.05) is 0 Å². The molecule has 3 rings (SSSR count). The van der Waals surface area contributed by atoms with E-state index in [2.05, 4.69) is 15.8 Å². The van der Waals surface area contributed by atoms with Gasteiger partial charge in [-0.3, -0.25) is 9.59 Å². The van der Waals surface area contributed by atoms with Crippen LogP contribution >= 0.6 is 23.2 Å². The van der Waals surface area contributed by atoms with Crippen LogP contribution in [0.5, 0.6) is 5.75 Å². The van der Waals surface area contributed by atoms with Gasteiger partial charge in [0.1, 0.15) is 18.4 Å². The summed E-state index contributed by atoms with van der Waals surface area (Å²) in [5.74, 6) is 0.171. The van der Waals surface area contributed by atoms with Crippen LogP contribution in [0.2, 0.25) is 10.0 Å². The molecule has 3 aromatic carbocycles. The molecule has 0 saturated heterocycles. The first-order valence-corrected chi connectivity index (χ1v) is 11.9. The van der Waals surface area contributed by atoms with Crippen LogP contribution in [-0.4, -0.2) is 24.1 Å². The van der Waals surface area contributed by atoms with Crippen LogP contribution in [-0.2, 0) is 11.4 Å². The number of ether oxygens (including phenoxy) is 1. The fraction of sp³-hybridized carbons (Fsp3) is 0.222. The molecular weight excluding hydrogens is 485 g/mol. The fourth-order valence-corrected chi connectivity index (χ4v) is 3.44. The second kappa shape index (κ2) is 12.9. The van der Waals surface area contributed by atoms with E-state index in [0.717, 1.165) is 11.1 Å². The van der Waals surface area contributed by atoms with E-state index in [9.17, 15) is 9.59 Å². The van der Waals surface area contributed by atoms with Crippen LogP contribution in [0, 0.1) is 5.92 Å². The molecule has 1 atom stereocenters. The van der Waals surface area contributed by atoms with Crippen molar-refractivity contribution in [1.29, 1.82) is 0 Å². The summed E-state index contributed by atoms with van der Waals surface area (Å²) in [6, 6.07) is 20.6. The molecule has 0 radical (unpaired) electrons. The van der Waals surface area contributed by atoms with Crippen LogP contribution in [0.25, 0.3) is 0 Å². The molecule has 0 fully saturated rings. The number of halogens is 2. The molecule has 0 aliphatic rings. The van der Waals surface area contributed by atoms with Crippen molar-refractivity contribution >= 4 is 41.2 Å². The molecule has 0 heterocycles. The van der Waals surface area contributed by atoms with Crippen LogP contribution < -0.4 is 15.5 Å². The lowest BCUT2D eigenvalue weighted by Gasteiger charge is -2.19. The summed E-state index contributed by atoms with van der Waals surface area (Å²) in [5, 5.41) is 8.04. The summed E-state index contributed by atoms with van der Waals surface area (Å²) < 4.78 is 5.77. The average Bonchev–Trinajstić information content (AvgIpc) is 2.84. The molecule has 1 unspecified atom stereocenters.